The predicted octanol–water partition coefficient (Wildman–Crippen LogP) is 8.26. The lowest BCUT2D eigenvalue weighted by Gasteiger charge is -2.30. The van der Waals surface area contributed by atoms with Gasteiger partial charge in [-0.05, 0) is 113 Å². The smallest absolute Gasteiger partial charge is 0.329 e. The van der Waals surface area contributed by atoms with Gasteiger partial charge in [-0.3, -0.25) is 20.2 Å². The van der Waals surface area contributed by atoms with Gasteiger partial charge in [-0.2, -0.15) is 9.97 Å². The Balaban J connectivity index is 0.000000221. The van der Waals surface area contributed by atoms with Crippen molar-refractivity contribution in [3.63, 3.8) is 0 Å². The maximum absolute atomic E-state index is 11.4. The van der Waals surface area contributed by atoms with E-state index in [2.05, 4.69) is 60.2 Å². The highest BCUT2D eigenvalue weighted by atomic mass is 35.5. The molecule has 16 nitrogen and oxygen atoms in total. The van der Waals surface area contributed by atoms with Crippen molar-refractivity contribution in [3.05, 3.63) is 102 Å². The minimum atomic E-state index is -0.469. The molecule has 2 heterocycles. The number of hydrogen-bond donors (Lipinski definition) is 5. The van der Waals surface area contributed by atoms with Gasteiger partial charge in [0.2, 0.25) is 23.5 Å². The molecule has 2 atom stereocenters. The first-order valence-electron chi connectivity index (χ1n) is 19.8. The normalized spacial score (nSPS) is 19.1. The number of benzene rings is 2. The van der Waals surface area contributed by atoms with Gasteiger partial charge in [0.1, 0.15) is 12.4 Å². The van der Waals surface area contributed by atoms with Crippen molar-refractivity contribution in [2.75, 3.05) is 61.5 Å². The first kappa shape index (κ1) is 44.2. The molecule has 2 aromatic heterocycles. The van der Waals surface area contributed by atoms with Gasteiger partial charge < -0.3 is 31.9 Å². The number of halogens is 2. The Morgan fingerprint density at radius 2 is 1.16 bits per heavy atom. The summed E-state index contributed by atoms with van der Waals surface area (Å²) < 4.78 is 0. The molecule has 2 saturated carbocycles. The Morgan fingerprint density at radius 3 is 1.62 bits per heavy atom. The lowest BCUT2D eigenvalue weighted by molar-refractivity contribution is -0.384. The predicted molar refractivity (Wildman–Crippen MR) is 230 cm³/mol. The second kappa shape index (κ2) is 22.3. The summed E-state index contributed by atoms with van der Waals surface area (Å²) in [5.74, 6) is 3.35. The molecule has 0 saturated heterocycles. The van der Waals surface area contributed by atoms with Crippen molar-refractivity contribution >= 4 is 58.1 Å². The molecule has 6 rings (SSSR count). The van der Waals surface area contributed by atoms with E-state index < -0.39 is 9.85 Å². The average molecular weight is 838 g/mol. The van der Waals surface area contributed by atoms with Crippen LogP contribution in [0.25, 0.3) is 0 Å². The van der Waals surface area contributed by atoms with Crippen LogP contribution < -0.4 is 27.0 Å². The summed E-state index contributed by atoms with van der Waals surface area (Å²) in [4.78, 5) is 40.9. The molecule has 18 heteroatoms. The fourth-order valence-corrected chi connectivity index (χ4v) is 7.90. The van der Waals surface area contributed by atoms with E-state index in [0.717, 1.165) is 62.1 Å². The number of nitrogens with zero attached hydrogens (tertiary/aromatic N) is 7. The lowest BCUT2D eigenvalue weighted by Crippen LogP contribution is -2.28. The van der Waals surface area contributed by atoms with Crippen molar-refractivity contribution in [2.24, 2.45) is 29.4 Å². The summed E-state index contributed by atoms with van der Waals surface area (Å²) in [5, 5.41) is 36.6. The standard InChI is InChI=1S/C21H29ClN6O2.C19H25ClN6O2/c1-27(2)14-16-9-7-15(8-10-16)11-23-20-19(28(29)30)13-25-21(26-20)24-12-17-5-3-4-6-18(17)22;20-16-7-2-1-6-15(16)11-23-19-24-12-17(26(27)28)18(25-19)22-10-14-5-3-4-13(8-14)9-21/h3-6,13,15-16H,7-12,14H2,1-2H3,(H2,23,24,25,26);1-2,6-7,12-14H,3-5,8-11,21H2,(H2,22,23,24,25). The number of nitro groups is 2. The van der Waals surface area contributed by atoms with Crippen LogP contribution >= 0.6 is 23.2 Å². The molecule has 2 aliphatic carbocycles. The van der Waals surface area contributed by atoms with E-state index in [1.165, 1.54) is 25.2 Å². The van der Waals surface area contributed by atoms with E-state index in [-0.39, 0.29) is 23.0 Å². The molecule has 2 aromatic carbocycles. The van der Waals surface area contributed by atoms with Crippen LogP contribution in [0.4, 0.5) is 34.9 Å². The van der Waals surface area contributed by atoms with E-state index >= 15 is 0 Å². The molecule has 312 valence electrons. The summed E-state index contributed by atoms with van der Waals surface area (Å²) in [5.41, 5.74) is 7.37. The molecule has 4 aromatic rings. The Bertz CT molecular complexity index is 1950. The first-order chi connectivity index (χ1) is 28.0. The number of nitrogens with one attached hydrogen (secondary N) is 4. The fraction of sp³-hybridized carbons (Fsp3) is 0.500. The van der Waals surface area contributed by atoms with E-state index in [9.17, 15) is 20.2 Å². The third-order valence-corrected chi connectivity index (χ3v) is 11.4. The van der Waals surface area contributed by atoms with Gasteiger partial charge in [0, 0.05) is 42.8 Å². The van der Waals surface area contributed by atoms with Gasteiger partial charge in [0.25, 0.3) is 0 Å². The van der Waals surface area contributed by atoms with Crippen molar-refractivity contribution in [1.29, 1.82) is 0 Å². The Hall–Kier alpha value is -4.90. The zero-order chi connectivity index (χ0) is 41.4. The lowest BCUT2D eigenvalue weighted by atomic mass is 9.81. The maximum atomic E-state index is 11.4. The van der Waals surface area contributed by atoms with Crippen LogP contribution in [0.2, 0.25) is 10.0 Å². The van der Waals surface area contributed by atoms with Crippen molar-refractivity contribution in [1.82, 2.24) is 24.8 Å². The third kappa shape index (κ3) is 13.6. The van der Waals surface area contributed by atoms with Crippen LogP contribution in [0.3, 0.4) is 0 Å². The highest BCUT2D eigenvalue weighted by Gasteiger charge is 2.25. The molecular weight excluding hydrogens is 783 g/mol. The summed E-state index contributed by atoms with van der Waals surface area (Å²) in [6, 6.07) is 15.0. The van der Waals surface area contributed by atoms with E-state index in [1.807, 2.05) is 42.5 Å². The van der Waals surface area contributed by atoms with Gasteiger partial charge in [-0.15, -0.1) is 0 Å². The SMILES string of the molecule is CN(C)CC1CCC(CNc2nc(NCc3ccccc3Cl)ncc2[N+](=O)[O-])CC1.NCC1CCCC(CNc2nc(NCc3ccccc3Cl)ncc2[N+](=O)[O-])C1. The molecule has 2 unspecified atom stereocenters. The number of hydrogen-bond acceptors (Lipinski definition) is 14. The number of nitrogens with two attached hydrogens (primary N) is 1. The van der Waals surface area contributed by atoms with Gasteiger partial charge in [-0.25, -0.2) is 9.97 Å². The van der Waals surface area contributed by atoms with Gasteiger partial charge in [0.05, 0.1) is 9.85 Å². The summed E-state index contributed by atoms with van der Waals surface area (Å²) in [6.07, 6.45) is 11.6. The highest BCUT2D eigenvalue weighted by Crippen LogP contribution is 2.32. The second-order valence-electron chi connectivity index (χ2n) is 15.3. The van der Waals surface area contributed by atoms with Crippen molar-refractivity contribution < 1.29 is 9.85 Å². The van der Waals surface area contributed by atoms with E-state index in [4.69, 9.17) is 28.9 Å². The Morgan fingerprint density at radius 1 is 0.690 bits per heavy atom. The summed E-state index contributed by atoms with van der Waals surface area (Å²) >= 11 is 12.3. The second-order valence-corrected chi connectivity index (χ2v) is 16.1. The van der Waals surface area contributed by atoms with Gasteiger partial charge in [-0.1, -0.05) is 66.0 Å². The highest BCUT2D eigenvalue weighted by molar-refractivity contribution is 6.31. The summed E-state index contributed by atoms with van der Waals surface area (Å²) in [6.45, 7) is 4.00. The molecule has 0 bridgehead atoms. The largest absolute Gasteiger partial charge is 0.364 e. The van der Waals surface area contributed by atoms with E-state index in [0.29, 0.717) is 72.4 Å². The monoisotopic (exact) mass is 836 g/mol. The van der Waals surface area contributed by atoms with E-state index in [1.54, 1.807) is 6.07 Å². The topological polar surface area (TPSA) is 215 Å². The third-order valence-electron chi connectivity index (χ3n) is 10.7. The zero-order valence-electron chi connectivity index (χ0n) is 33.1. The molecular formula is C40H54Cl2N12O4. The average Bonchev–Trinajstić information content (AvgIpc) is 3.22. The van der Waals surface area contributed by atoms with Crippen LogP contribution in [-0.4, -0.2) is 75.0 Å². The molecule has 6 N–H and O–H groups in total. The molecule has 2 aliphatic rings. The minimum absolute atomic E-state index is 0.111. The van der Waals surface area contributed by atoms with Crippen LogP contribution in [0.15, 0.2) is 60.9 Å². The zero-order valence-corrected chi connectivity index (χ0v) is 34.6. The number of anilines is 4. The molecule has 0 spiro atoms. The van der Waals surface area contributed by atoms with Gasteiger partial charge in [0.15, 0.2) is 0 Å². The Labute approximate surface area is 349 Å². The van der Waals surface area contributed by atoms with Crippen LogP contribution in [0.5, 0.6) is 0 Å². The molecule has 58 heavy (non-hydrogen) atoms. The fourth-order valence-electron chi connectivity index (χ4n) is 7.50. The molecule has 0 radical (unpaired) electrons. The summed E-state index contributed by atoms with van der Waals surface area (Å²) in [7, 11) is 4.22. The quantitative estimate of drug-likeness (QED) is 0.0500. The Kier molecular flexibility index (Phi) is 17.0. The number of aromatic nitrogens is 4. The first-order valence-corrected chi connectivity index (χ1v) is 20.5. The van der Waals surface area contributed by atoms with Crippen molar-refractivity contribution in [2.45, 2.75) is 64.5 Å². The molecule has 2 fully saturated rings. The van der Waals surface area contributed by atoms with Gasteiger partial charge >= 0.3 is 11.4 Å². The maximum Gasteiger partial charge on any atom is 0.329 e. The van der Waals surface area contributed by atoms with Crippen LogP contribution in [0, 0.1) is 43.9 Å². The van der Waals surface area contributed by atoms with Crippen molar-refractivity contribution in [3.8, 4) is 0 Å². The molecule has 0 amide bonds. The van der Waals surface area contributed by atoms with Crippen LogP contribution in [-0.2, 0) is 13.1 Å². The minimum Gasteiger partial charge on any atom is -0.364 e. The molecule has 0 aliphatic heterocycles. The van der Waals surface area contributed by atoms with Crippen LogP contribution in [0.1, 0.15) is 62.5 Å². The number of rotatable bonds is 17.